The monoisotopic (exact) mass is 410 g/mol. The fraction of sp³-hybridized carbons (Fsp3) is 0.417. The highest BCUT2D eigenvalue weighted by molar-refractivity contribution is 5.95. The van der Waals surface area contributed by atoms with E-state index in [9.17, 15) is 9.59 Å². The maximum atomic E-state index is 13.1. The first kappa shape index (κ1) is 21.7. The van der Waals surface area contributed by atoms with Gasteiger partial charge in [-0.3, -0.25) is 9.59 Å². The van der Waals surface area contributed by atoms with Gasteiger partial charge in [-0.05, 0) is 36.2 Å². The van der Waals surface area contributed by atoms with Crippen LogP contribution in [0.25, 0.3) is 0 Å². The van der Waals surface area contributed by atoms with E-state index in [4.69, 9.17) is 9.47 Å². The molecule has 0 bridgehead atoms. The molecule has 1 heterocycles. The van der Waals surface area contributed by atoms with E-state index in [-0.39, 0.29) is 23.7 Å². The van der Waals surface area contributed by atoms with E-state index in [1.54, 1.807) is 31.3 Å². The molecule has 1 N–H and O–H groups in total. The predicted octanol–water partition coefficient (Wildman–Crippen LogP) is 3.33. The molecular formula is C24H30N2O4. The number of amides is 2. The minimum atomic E-state index is -0.364. The van der Waals surface area contributed by atoms with Gasteiger partial charge in [-0.15, -0.1) is 0 Å². The Hall–Kier alpha value is -3.02. The van der Waals surface area contributed by atoms with Crippen LogP contribution in [0.1, 0.15) is 35.7 Å². The lowest BCUT2D eigenvalue weighted by Gasteiger charge is -2.21. The molecule has 0 aromatic heterocycles. The molecule has 6 heteroatoms. The molecule has 6 nitrogen and oxygen atoms in total. The molecule has 0 saturated carbocycles. The molecule has 2 aromatic rings. The van der Waals surface area contributed by atoms with Crippen LogP contribution in [0.15, 0.2) is 48.5 Å². The van der Waals surface area contributed by atoms with E-state index in [1.807, 2.05) is 36.4 Å². The third-order valence-electron chi connectivity index (χ3n) is 5.49. The van der Waals surface area contributed by atoms with Gasteiger partial charge in [-0.25, -0.2) is 0 Å². The van der Waals surface area contributed by atoms with Gasteiger partial charge in [0.2, 0.25) is 5.91 Å². The van der Waals surface area contributed by atoms with Gasteiger partial charge < -0.3 is 19.7 Å². The van der Waals surface area contributed by atoms with Gasteiger partial charge in [-0.2, -0.15) is 0 Å². The molecule has 160 valence electrons. The summed E-state index contributed by atoms with van der Waals surface area (Å²) in [5, 5.41) is 3.04. The largest absolute Gasteiger partial charge is 0.497 e. The minimum absolute atomic E-state index is 0.0399. The topological polar surface area (TPSA) is 67.9 Å². The van der Waals surface area contributed by atoms with Crippen molar-refractivity contribution in [2.75, 3.05) is 33.9 Å². The van der Waals surface area contributed by atoms with Crippen LogP contribution in [-0.4, -0.2) is 50.6 Å². The van der Waals surface area contributed by atoms with Gasteiger partial charge in [0.15, 0.2) is 0 Å². The second kappa shape index (κ2) is 9.65. The lowest BCUT2D eigenvalue weighted by atomic mass is 9.87. The number of methoxy groups -OCH3 is 2. The summed E-state index contributed by atoms with van der Waals surface area (Å²) in [5.74, 6) is 1.08. The van der Waals surface area contributed by atoms with Crippen molar-refractivity contribution in [3.8, 4) is 11.5 Å². The number of carbonyl (C=O) groups excluding carboxylic acids is 2. The molecule has 2 amide bonds. The van der Waals surface area contributed by atoms with Crippen LogP contribution < -0.4 is 14.8 Å². The van der Waals surface area contributed by atoms with Crippen LogP contribution in [0.5, 0.6) is 11.5 Å². The first-order chi connectivity index (χ1) is 14.4. The molecule has 0 unspecified atom stereocenters. The molecule has 1 aliphatic heterocycles. The van der Waals surface area contributed by atoms with Crippen molar-refractivity contribution in [1.82, 2.24) is 10.2 Å². The van der Waals surface area contributed by atoms with E-state index >= 15 is 0 Å². The predicted molar refractivity (Wildman–Crippen MR) is 116 cm³/mol. The zero-order chi connectivity index (χ0) is 21.7. The number of benzene rings is 2. The number of ether oxygens (including phenoxy) is 2. The summed E-state index contributed by atoms with van der Waals surface area (Å²) in [6.45, 7) is 5.52. The summed E-state index contributed by atoms with van der Waals surface area (Å²) < 4.78 is 11.0. The van der Waals surface area contributed by atoms with E-state index in [1.165, 1.54) is 0 Å². The van der Waals surface area contributed by atoms with Crippen molar-refractivity contribution >= 4 is 11.8 Å². The lowest BCUT2D eigenvalue weighted by Crippen LogP contribution is -2.37. The lowest BCUT2D eigenvalue weighted by molar-refractivity contribution is -0.125. The maximum Gasteiger partial charge on any atom is 0.253 e. The Morgan fingerprint density at radius 3 is 2.43 bits per heavy atom. The molecule has 1 aliphatic rings. The summed E-state index contributed by atoms with van der Waals surface area (Å²) in [6.07, 6.45) is 0. The van der Waals surface area contributed by atoms with E-state index in [2.05, 4.69) is 19.2 Å². The summed E-state index contributed by atoms with van der Waals surface area (Å²) in [6, 6.07) is 14.8. The summed E-state index contributed by atoms with van der Waals surface area (Å²) in [4.78, 5) is 27.9. The number of nitrogens with zero attached hydrogens (tertiary/aromatic N) is 1. The zero-order valence-corrected chi connectivity index (χ0v) is 18.1. The summed E-state index contributed by atoms with van der Waals surface area (Å²) in [5.41, 5.74) is 1.50. The Bertz CT molecular complexity index is 882. The van der Waals surface area contributed by atoms with Gasteiger partial charge >= 0.3 is 0 Å². The summed E-state index contributed by atoms with van der Waals surface area (Å²) >= 11 is 0. The Morgan fingerprint density at radius 1 is 1.07 bits per heavy atom. The quantitative estimate of drug-likeness (QED) is 0.760. The average Bonchev–Trinajstić information content (AvgIpc) is 3.22. The van der Waals surface area contributed by atoms with Crippen molar-refractivity contribution in [2.24, 2.45) is 11.8 Å². The third kappa shape index (κ3) is 4.75. The van der Waals surface area contributed by atoms with E-state index < -0.39 is 0 Å². The van der Waals surface area contributed by atoms with Crippen LogP contribution in [-0.2, 0) is 4.79 Å². The van der Waals surface area contributed by atoms with Crippen molar-refractivity contribution in [3.05, 3.63) is 59.7 Å². The van der Waals surface area contributed by atoms with Crippen molar-refractivity contribution in [3.63, 3.8) is 0 Å². The van der Waals surface area contributed by atoms with Crippen LogP contribution in [0.2, 0.25) is 0 Å². The van der Waals surface area contributed by atoms with Gasteiger partial charge in [0.25, 0.3) is 5.91 Å². The third-order valence-corrected chi connectivity index (χ3v) is 5.49. The second-order valence-corrected chi connectivity index (χ2v) is 8.04. The number of rotatable bonds is 7. The minimum Gasteiger partial charge on any atom is -0.497 e. The fourth-order valence-corrected chi connectivity index (χ4v) is 3.88. The number of likely N-dealkylation sites (tertiary alicyclic amines) is 1. The van der Waals surface area contributed by atoms with Crippen LogP contribution in [0, 0.1) is 11.8 Å². The molecule has 1 fully saturated rings. The Morgan fingerprint density at radius 2 is 1.80 bits per heavy atom. The van der Waals surface area contributed by atoms with Crippen LogP contribution in [0.3, 0.4) is 0 Å². The molecule has 0 radical (unpaired) electrons. The molecule has 1 saturated heterocycles. The number of nitrogens with one attached hydrogen (secondary N) is 1. The Kier molecular flexibility index (Phi) is 6.98. The molecule has 0 spiro atoms. The first-order valence-electron chi connectivity index (χ1n) is 10.3. The Labute approximate surface area is 178 Å². The van der Waals surface area contributed by atoms with E-state index in [0.29, 0.717) is 42.6 Å². The second-order valence-electron chi connectivity index (χ2n) is 8.04. The highest BCUT2D eigenvalue weighted by Gasteiger charge is 2.41. The number of hydrogen-bond acceptors (Lipinski definition) is 4. The van der Waals surface area contributed by atoms with Crippen molar-refractivity contribution in [1.29, 1.82) is 0 Å². The summed E-state index contributed by atoms with van der Waals surface area (Å²) in [7, 11) is 3.22. The molecule has 3 rings (SSSR count). The smallest absolute Gasteiger partial charge is 0.253 e. The molecule has 2 aromatic carbocycles. The fourth-order valence-electron chi connectivity index (χ4n) is 3.88. The highest BCUT2D eigenvalue weighted by atomic mass is 16.5. The van der Waals surface area contributed by atoms with Gasteiger partial charge in [0.05, 0.1) is 20.1 Å². The molecule has 30 heavy (non-hydrogen) atoms. The highest BCUT2D eigenvalue weighted by Crippen LogP contribution is 2.40. The van der Waals surface area contributed by atoms with Crippen molar-refractivity contribution in [2.45, 2.75) is 19.8 Å². The van der Waals surface area contributed by atoms with Crippen LogP contribution in [0.4, 0.5) is 0 Å². The van der Waals surface area contributed by atoms with Crippen molar-refractivity contribution < 1.29 is 19.1 Å². The zero-order valence-electron chi connectivity index (χ0n) is 18.1. The molecule has 2 atom stereocenters. The molecule has 0 aliphatic carbocycles. The number of hydrogen-bond donors (Lipinski definition) is 1. The standard InChI is InChI=1S/C24H30N2O4/c1-16(2)13-25-23(27)21-15-26(24(28)17-8-6-5-7-9-17)14-20(21)19-12-18(29-3)10-11-22(19)30-4/h5-12,16,20-21H,13-15H2,1-4H3,(H,25,27)/t20-,21-/m0/s1. The SMILES string of the molecule is COc1ccc(OC)c([C@@H]2CN(C(=O)c3ccccc3)C[C@@H]2C(=O)NCC(C)C)c1. The van der Waals surface area contributed by atoms with Crippen LogP contribution >= 0.6 is 0 Å². The number of carbonyl (C=O) groups is 2. The van der Waals surface area contributed by atoms with E-state index in [0.717, 1.165) is 5.56 Å². The van der Waals surface area contributed by atoms with Gasteiger partial charge in [0.1, 0.15) is 11.5 Å². The molecular weight excluding hydrogens is 380 g/mol. The van der Waals surface area contributed by atoms with Gasteiger partial charge in [0, 0.05) is 36.7 Å². The average molecular weight is 411 g/mol. The first-order valence-corrected chi connectivity index (χ1v) is 10.3. The maximum absolute atomic E-state index is 13.1. The van der Waals surface area contributed by atoms with Gasteiger partial charge in [-0.1, -0.05) is 32.0 Å². The normalized spacial score (nSPS) is 18.4. The Balaban J connectivity index is 1.93.